The Hall–Kier alpha value is -1.47. The molecule has 1 aromatic rings. The minimum Gasteiger partial charge on any atom is -0.388 e. The third kappa shape index (κ3) is 2.79. The molecule has 14 heavy (non-hydrogen) atoms. The average Bonchev–Trinajstić information content (AvgIpc) is 2.65. The van der Waals surface area contributed by atoms with Crippen LogP contribution in [0.3, 0.4) is 0 Å². The lowest BCUT2D eigenvalue weighted by atomic mass is 10.2. The molecule has 0 bridgehead atoms. The lowest BCUT2D eigenvalue weighted by molar-refractivity contribution is -0.119. The van der Waals surface area contributed by atoms with E-state index in [1.54, 1.807) is 0 Å². The first-order valence-electron chi connectivity index (χ1n) is 4.07. The van der Waals surface area contributed by atoms with Crippen molar-refractivity contribution >= 4 is 5.91 Å². The molecule has 1 rings (SSSR count). The molecule has 0 aliphatic rings. The normalized spacial score (nSPS) is 14.8. The number of carbonyl (C=O) groups excluding carboxylic acids is 1. The van der Waals surface area contributed by atoms with E-state index in [1.165, 1.54) is 13.3 Å². The number of H-pyrrole nitrogens is 1. The van der Waals surface area contributed by atoms with Crippen molar-refractivity contribution < 1.29 is 15.0 Å². The van der Waals surface area contributed by atoms with Crippen molar-refractivity contribution in [2.24, 2.45) is 0 Å². The SMILES string of the molecule is CC(=O)NCC(O)C(O)c1ncn[nH]1. The van der Waals surface area contributed by atoms with Crippen molar-refractivity contribution in [1.29, 1.82) is 0 Å². The van der Waals surface area contributed by atoms with E-state index in [4.69, 9.17) is 0 Å². The zero-order valence-corrected chi connectivity index (χ0v) is 7.64. The molecule has 0 spiro atoms. The number of amides is 1. The summed E-state index contributed by atoms with van der Waals surface area (Å²) in [6.07, 6.45) is -1.06. The minimum absolute atomic E-state index is 0.0306. The number of carbonyl (C=O) groups is 1. The van der Waals surface area contributed by atoms with E-state index in [0.717, 1.165) is 0 Å². The van der Waals surface area contributed by atoms with Gasteiger partial charge in [0, 0.05) is 13.5 Å². The monoisotopic (exact) mass is 200 g/mol. The summed E-state index contributed by atoms with van der Waals surface area (Å²) in [4.78, 5) is 14.2. The topological polar surface area (TPSA) is 111 Å². The summed E-state index contributed by atoms with van der Waals surface area (Å²) in [5, 5.41) is 27.2. The summed E-state index contributed by atoms with van der Waals surface area (Å²) in [6.45, 7) is 1.30. The van der Waals surface area contributed by atoms with Crippen LogP contribution in [-0.2, 0) is 4.79 Å². The lowest BCUT2D eigenvalue weighted by Gasteiger charge is -2.15. The van der Waals surface area contributed by atoms with Gasteiger partial charge in [-0.25, -0.2) is 4.98 Å². The van der Waals surface area contributed by atoms with Crippen LogP contribution in [0, 0.1) is 0 Å². The second-order valence-corrected chi connectivity index (χ2v) is 2.82. The van der Waals surface area contributed by atoms with Crippen LogP contribution >= 0.6 is 0 Å². The van der Waals surface area contributed by atoms with Crippen LogP contribution in [0.4, 0.5) is 0 Å². The number of aliphatic hydroxyl groups excluding tert-OH is 2. The molecule has 1 amide bonds. The Morgan fingerprint density at radius 2 is 2.43 bits per heavy atom. The fourth-order valence-corrected chi connectivity index (χ4v) is 0.900. The van der Waals surface area contributed by atoms with Gasteiger partial charge in [0.25, 0.3) is 0 Å². The summed E-state index contributed by atoms with van der Waals surface area (Å²) < 4.78 is 0. The van der Waals surface area contributed by atoms with E-state index < -0.39 is 12.2 Å². The molecule has 7 nitrogen and oxygen atoms in total. The van der Waals surface area contributed by atoms with Crippen LogP contribution in [-0.4, -0.2) is 44.0 Å². The standard InChI is InChI=1S/C7H12N4O3/c1-4(12)8-2-5(13)6(14)7-9-3-10-11-7/h3,5-6,13-14H,2H2,1H3,(H,8,12)(H,9,10,11). The van der Waals surface area contributed by atoms with E-state index in [0.29, 0.717) is 0 Å². The molecule has 2 unspecified atom stereocenters. The van der Waals surface area contributed by atoms with Crippen LogP contribution < -0.4 is 5.32 Å². The van der Waals surface area contributed by atoms with Gasteiger partial charge in [-0.2, -0.15) is 5.10 Å². The molecule has 0 saturated heterocycles. The maximum Gasteiger partial charge on any atom is 0.216 e. The molecule has 1 aromatic heterocycles. The smallest absolute Gasteiger partial charge is 0.216 e. The summed E-state index contributed by atoms with van der Waals surface area (Å²) in [5.41, 5.74) is 0. The average molecular weight is 200 g/mol. The maximum atomic E-state index is 10.5. The number of nitrogens with one attached hydrogen (secondary N) is 2. The van der Waals surface area contributed by atoms with Crippen LogP contribution in [0.2, 0.25) is 0 Å². The summed E-state index contributed by atoms with van der Waals surface area (Å²) in [5.74, 6) is -0.100. The molecule has 1 heterocycles. The van der Waals surface area contributed by atoms with Gasteiger partial charge in [-0.15, -0.1) is 0 Å². The Kier molecular flexibility index (Phi) is 3.55. The van der Waals surface area contributed by atoms with Crippen molar-refractivity contribution in [2.75, 3.05) is 6.54 Å². The molecule has 0 aromatic carbocycles. The number of aromatic amines is 1. The molecule has 2 atom stereocenters. The third-order valence-electron chi connectivity index (χ3n) is 1.64. The van der Waals surface area contributed by atoms with Crippen molar-refractivity contribution in [3.05, 3.63) is 12.2 Å². The van der Waals surface area contributed by atoms with Gasteiger partial charge in [-0.05, 0) is 0 Å². The third-order valence-corrected chi connectivity index (χ3v) is 1.64. The van der Waals surface area contributed by atoms with Crippen molar-refractivity contribution in [3.63, 3.8) is 0 Å². The largest absolute Gasteiger partial charge is 0.388 e. The molecular formula is C7H12N4O3. The van der Waals surface area contributed by atoms with E-state index in [-0.39, 0.29) is 18.3 Å². The second-order valence-electron chi connectivity index (χ2n) is 2.82. The van der Waals surface area contributed by atoms with Gasteiger partial charge in [0.2, 0.25) is 5.91 Å². The van der Waals surface area contributed by atoms with Crippen LogP contribution in [0.1, 0.15) is 18.9 Å². The molecule has 7 heteroatoms. The highest BCUT2D eigenvalue weighted by atomic mass is 16.3. The predicted octanol–water partition coefficient (Wildman–Crippen LogP) is -1.66. The Morgan fingerprint density at radius 1 is 1.71 bits per heavy atom. The number of nitrogens with zero attached hydrogens (tertiary/aromatic N) is 2. The molecule has 0 saturated carbocycles. The summed E-state index contributed by atoms with van der Waals surface area (Å²) >= 11 is 0. The van der Waals surface area contributed by atoms with Gasteiger partial charge in [0.05, 0.1) is 0 Å². The van der Waals surface area contributed by atoms with Gasteiger partial charge in [0.1, 0.15) is 18.5 Å². The lowest BCUT2D eigenvalue weighted by Crippen LogP contribution is -2.34. The minimum atomic E-state index is -1.18. The fraction of sp³-hybridized carbons (Fsp3) is 0.571. The Labute approximate surface area is 80.2 Å². The highest BCUT2D eigenvalue weighted by Crippen LogP contribution is 2.09. The summed E-state index contributed by atoms with van der Waals surface area (Å²) in [7, 11) is 0. The van der Waals surface area contributed by atoms with Crippen molar-refractivity contribution in [1.82, 2.24) is 20.5 Å². The van der Waals surface area contributed by atoms with Crippen LogP contribution in [0.5, 0.6) is 0 Å². The van der Waals surface area contributed by atoms with Crippen LogP contribution in [0.25, 0.3) is 0 Å². The van der Waals surface area contributed by atoms with Crippen molar-refractivity contribution in [3.8, 4) is 0 Å². The molecule has 78 valence electrons. The molecule has 4 N–H and O–H groups in total. The fourth-order valence-electron chi connectivity index (χ4n) is 0.900. The molecule has 0 fully saturated rings. The molecule has 0 aliphatic heterocycles. The Morgan fingerprint density at radius 3 is 2.93 bits per heavy atom. The first-order valence-corrected chi connectivity index (χ1v) is 4.07. The first-order chi connectivity index (χ1) is 6.61. The van der Waals surface area contributed by atoms with Gasteiger partial charge in [0.15, 0.2) is 5.82 Å². The molecular weight excluding hydrogens is 188 g/mol. The highest BCUT2D eigenvalue weighted by Gasteiger charge is 2.20. The predicted molar refractivity (Wildman–Crippen MR) is 46.0 cm³/mol. The van der Waals surface area contributed by atoms with Crippen LogP contribution in [0.15, 0.2) is 6.33 Å². The Bertz CT molecular complexity index is 287. The number of rotatable bonds is 4. The van der Waals surface area contributed by atoms with E-state index >= 15 is 0 Å². The zero-order chi connectivity index (χ0) is 10.6. The van der Waals surface area contributed by atoms with Gasteiger partial charge < -0.3 is 15.5 Å². The number of hydrogen-bond acceptors (Lipinski definition) is 5. The first kappa shape index (κ1) is 10.6. The number of aliphatic hydroxyl groups is 2. The number of hydrogen-bond donors (Lipinski definition) is 4. The van der Waals surface area contributed by atoms with Gasteiger partial charge in [-0.3, -0.25) is 9.89 Å². The number of aromatic nitrogens is 3. The second kappa shape index (κ2) is 4.68. The van der Waals surface area contributed by atoms with E-state index in [9.17, 15) is 15.0 Å². The van der Waals surface area contributed by atoms with E-state index in [1.807, 2.05) is 0 Å². The quantitative estimate of drug-likeness (QED) is 0.464. The molecule has 0 radical (unpaired) electrons. The highest BCUT2D eigenvalue weighted by molar-refractivity contribution is 5.72. The maximum absolute atomic E-state index is 10.5. The van der Waals surface area contributed by atoms with Gasteiger partial charge >= 0.3 is 0 Å². The molecule has 0 aliphatic carbocycles. The summed E-state index contributed by atoms with van der Waals surface area (Å²) in [6, 6.07) is 0. The van der Waals surface area contributed by atoms with Crippen molar-refractivity contribution in [2.45, 2.75) is 19.1 Å². The Balaban J connectivity index is 2.44. The van der Waals surface area contributed by atoms with E-state index in [2.05, 4.69) is 20.5 Å². The van der Waals surface area contributed by atoms with Gasteiger partial charge in [-0.1, -0.05) is 0 Å². The zero-order valence-electron chi connectivity index (χ0n) is 7.64.